The highest BCUT2D eigenvalue weighted by molar-refractivity contribution is 7.60. The van der Waals surface area contributed by atoms with Crippen molar-refractivity contribution in [3.63, 3.8) is 0 Å². The summed E-state index contributed by atoms with van der Waals surface area (Å²) in [5, 5.41) is 0. The number of carbonyl (C=O) groups excluding carboxylic acids is 1. The Hall–Kier alpha value is -0.490. The van der Waals surface area contributed by atoms with Crippen molar-refractivity contribution in [2.75, 3.05) is 0 Å². The standard InChI is InChI=1S/C4H8O8P2/c5-3-1-2-4-11-14(9,10)12-13(6,7)8/h2-4H,1H2,(H,9,10)(H2,6,7,8). The van der Waals surface area contributed by atoms with E-state index in [-0.39, 0.29) is 6.42 Å². The maximum absolute atomic E-state index is 10.7. The number of hydrogen-bond donors (Lipinski definition) is 3. The largest absolute Gasteiger partial charge is 0.535 e. The van der Waals surface area contributed by atoms with Gasteiger partial charge in [-0.3, -0.25) is 4.89 Å². The molecule has 0 aliphatic rings. The smallest absolute Gasteiger partial charge is 0.412 e. The molecule has 0 saturated heterocycles. The van der Waals surface area contributed by atoms with E-state index in [1.54, 1.807) is 0 Å². The highest BCUT2D eigenvalue weighted by Gasteiger charge is 2.32. The minimum atomic E-state index is -5.08. The van der Waals surface area contributed by atoms with Crippen LogP contribution in [-0.4, -0.2) is 21.0 Å². The van der Waals surface area contributed by atoms with Crippen LogP contribution in [0.4, 0.5) is 0 Å². The van der Waals surface area contributed by atoms with E-state index >= 15 is 0 Å². The van der Waals surface area contributed by atoms with Gasteiger partial charge in [-0.25, -0.2) is 9.13 Å². The molecule has 0 aromatic rings. The first-order valence-corrected chi connectivity index (χ1v) is 6.16. The normalized spacial score (nSPS) is 16.5. The number of allylic oxidation sites excluding steroid dienone is 1. The van der Waals surface area contributed by atoms with Gasteiger partial charge in [-0.05, 0) is 6.08 Å². The number of rotatable bonds is 6. The number of aldehydes is 1. The Morgan fingerprint density at radius 3 is 2.21 bits per heavy atom. The molecule has 14 heavy (non-hydrogen) atoms. The van der Waals surface area contributed by atoms with E-state index in [9.17, 15) is 13.9 Å². The third kappa shape index (κ3) is 8.12. The van der Waals surface area contributed by atoms with Gasteiger partial charge in [-0.2, -0.15) is 4.31 Å². The molecule has 0 fully saturated rings. The maximum atomic E-state index is 10.7. The lowest BCUT2D eigenvalue weighted by Gasteiger charge is -2.09. The maximum Gasteiger partial charge on any atom is 0.535 e. The van der Waals surface area contributed by atoms with E-state index in [1.165, 1.54) is 0 Å². The SMILES string of the molecule is O=CCC=COP(=O)(O)OP(=O)(O)O. The van der Waals surface area contributed by atoms with Crippen molar-refractivity contribution in [1.82, 2.24) is 0 Å². The van der Waals surface area contributed by atoms with Gasteiger partial charge in [-0.15, -0.1) is 0 Å². The molecular formula is C4H8O8P2. The van der Waals surface area contributed by atoms with Gasteiger partial charge in [0.1, 0.15) is 6.29 Å². The molecular weight excluding hydrogens is 238 g/mol. The van der Waals surface area contributed by atoms with Crippen LogP contribution in [-0.2, 0) is 22.8 Å². The van der Waals surface area contributed by atoms with Crippen LogP contribution in [0, 0.1) is 0 Å². The van der Waals surface area contributed by atoms with E-state index in [4.69, 9.17) is 14.7 Å². The highest BCUT2D eigenvalue weighted by atomic mass is 31.3. The van der Waals surface area contributed by atoms with Crippen LogP contribution < -0.4 is 0 Å². The lowest BCUT2D eigenvalue weighted by atomic mass is 10.5. The summed E-state index contributed by atoms with van der Waals surface area (Å²) >= 11 is 0. The van der Waals surface area contributed by atoms with Crippen molar-refractivity contribution in [3.05, 3.63) is 12.3 Å². The quantitative estimate of drug-likeness (QED) is 0.346. The molecule has 0 aromatic carbocycles. The Labute approximate surface area is 79.0 Å². The molecule has 0 heterocycles. The number of phosphoric ester groups is 1. The number of phosphoric acid groups is 2. The molecule has 0 aromatic heterocycles. The van der Waals surface area contributed by atoms with Gasteiger partial charge < -0.3 is 19.1 Å². The Balaban J connectivity index is 4.15. The lowest BCUT2D eigenvalue weighted by molar-refractivity contribution is -0.107. The summed E-state index contributed by atoms with van der Waals surface area (Å²) in [5.41, 5.74) is 0. The van der Waals surface area contributed by atoms with Gasteiger partial charge in [0.15, 0.2) is 0 Å². The molecule has 3 N–H and O–H groups in total. The zero-order valence-electron chi connectivity index (χ0n) is 6.72. The van der Waals surface area contributed by atoms with Crippen molar-refractivity contribution < 1.29 is 37.4 Å². The first-order valence-electron chi connectivity index (χ1n) is 3.13. The summed E-state index contributed by atoms with van der Waals surface area (Å²) in [6.45, 7) is 0. The van der Waals surface area contributed by atoms with Crippen molar-refractivity contribution in [2.45, 2.75) is 6.42 Å². The van der Waals surface area contributed by atoms with E-state index in [1.807, 2.05) is 0 Å². The molecule has 0 bridgehead atoms. The van der Waals surface area contributed by atoms with Crippen LogP contribution >= 0.6 is 15.6 Å². The fraction of sp³-hybridized carbons (Fsp3) is 0.250. The summed E-state index contributed by atoms with van der Waals surface area (Å²) in [4.78, 5) is 34.7. The first kappa shape index (κ1) is 13.5. The van der Waals surface area contributed by atoms with E-state index in [2.05, 4.69) is 8.83 Å². The molecule has 10 heteroatoms. The van der Waals surface area contributed by atoms with Crippen LogP contribution in [0.15, 0.2) is 12.3 Å². The van der Waals surface area contributed by atoms with Crippen molar-refractivity contribution in [1.29, 1.82) is 0 Å². The van der Waals surface area contributed by atoms with Crippen LogP contribution in [0.5, 0.6) is 0 Å². The van der Waals surface area contributed by atoms with Crippen LogP contribution in [0.1, 0.15) is 6.42 Å². The van der Waals surface area contributed by atoms with Crippen LogP contribution in [0.3, 0.4) is 0 Å². The van der Waals surface area contributed by atoms with Gasteiger partial charge >= 0.3 is 15.6 Å². The lowest BCUT2D eigenvalue weighted by Crippen LogP contribution is -1.88. The first-order chi connectivity index (χ1) is 6.27. The third-order valence-electron chi connectivity index (χ3n) is 0.732. The van der Waals surface area contributed by atoms with Gasteiger partial charge in [0.05, 0.1) is 6.26 Å². The average Bonchev–Trinajstić information content (AvgIpc) is 1.93. The number of hydrogen-bond acceptors (Lipinski definition) is 5. The molecule has 0 aliphatic heterocycles. The van der Waals surface area contributed by atoms with Crippen LogP contribution in [0.25, 0.3) is 0 Å². The Bertz CT molecular complexity index is 302. The monoisotopic (exact) mass is 246 g/mol. The summed E-state index contributed by atoms with van der Waals surface area (Å²) in [5.74, 6) is 0. The number of carbonyl (C=O) groups is 1. The molecule has 0 radical (unpaired) electrons. The molecule has 0 rings (SSSR count). The molecule has 82 valence electrons. The topological polar surface area (TPSA) is 130 Å². The van der Waals surface area contributed by atoms with E-state index in [0.29, 0.717) is 12.5 Å². The molecule has 0 spiro atoms. The second kappa shape index (κ2) is 5.41. The zero-order valence-corrected chi connectivity index (χ0v) is 8.51. The summed E-state index contributed by atoms with van der Waals surface area (Å²) in [6.07, 6.45) is 2.14. The van der Waals surface area contributed by atoms with Gasteiger partial charge in [0.2, 0.25) is 0 Å². The predicted octanol–water partition coefficient (Wildman–Crippen LogP) is 0.315. The van der Waals surface area contributed by atoms with Crippen molar-refractivity contribution in [3.8, 4) is 0 Å². The Morgan fingerprint density at radius 1 is 1.21 bits per heavy atom. The second-order valence-electron chi connectivity index (χ2n) is 1.92. The summed E-state index contributed by atoms with van der Waals surface area (Å²) in [6, 6.07) is 0. The fourth-order valence-electron chi connectivity index (χ4n) is 0.385. The third-order valence-corrected chi connectivity index (χ3v) is 2.80. The second-order valence-corrected chi connectivity index (χ2v) is 4.70. The minimum Gasteiger partial charge on any atom is -0.412 e. The fourth-order valence-corrected chi connectivity index (χ4v) is 1.85. The summed E-state index contributed by atoms with van der Waals surface area (Å²) in [7, 11) is -9.90. The van der Waals surface area contributed by atoms with Gasteiger partial charge in [0, 0.05) is 6.42 Å². The van der Waals surface area contributed by atoms with Gasteiger partial charge in [-0.1, -0.05) is 0 Å². The summed E-state index contributed by atoms with van der Waals surface area (Å²) < 4.78 is 28.2. The van der Waals surface area contributed by atoms with Crippen molar-refractivity contribution in [2.24, 2.45) is 0 Å². The molecule has 0 aliphatic carbocycles. The van der Waals surface area contributed by atoms with Crippen LogP contribution in [0.2, 0.25) is 0 Å². The van der Waals surface area contributed by atoms with E-state index < -0.39 is 15.6 Å². The van der Waals surface area contributed by atoms with E-state index in [0.717, 1.165) is 6.08 Å². The minimum absolute atomic E-state index is 0.0596. The molecule has 0 saturated carbocycles. The Morgan fingerprint density at radius 2 is 1.79 bits per heavy atom. The van der Waals surface area contributed by atoms with Gasteiger partial charge in [0.25, 0.3) is 0 Å². The average molecular weight is 246 g/mol. The van der Waals surface area contributed by atoms with Crippen molar-refractivity contribution >= 4 is 21.9 Å². The molecule has 0 amide bonds. The Kier molecular flexibility index (Phi) is 5.22. The predicted molar refractivity (Wildman–Crippen MR) is 43.9 cm³/mol. The molecule has 1 atom stereocenters. The molecule has 8 nitrogen and oxygen atoms in total. The zero-order chi connectivity index (χ0) is 11.2. The molecule has 1 unspecified atom stereocenters. The highest BCUT2D eigenvalue weighted by Crippen LogP contribution is 2.57.